The Bertz CT molecular complexity index is 946. The lowest BCUT2D eigenvalue weighted by atomic mass is 10.2. The first kappa shape index (κ1) is 18.8. The SMILES string of the molecule is COc1ccc(OC)c(S(=O)(=O)Nc2ccccc2N2CCNC(=O)C2)c1. The molecule has 1 aliphatic rings. The first-order valence-corrected chi connectivity index (χ1v) is 9.78. The van der Waals surface area contributed by atoms with E-state index in [4.69, 9.17) is 9.47 Å². The Morgan fingerprint density at radius 3 is 2.59 bits per heavy atom. The number of nitrogens with one attached hydrogen (secondary N) is 2. The summed E-state index contributed by atoms with van der Waals surface area (Å²) >= 11 is 0. The van der Waals surface area contributed by atoms with E-state index in [1.807, 2.05) is 4.90 Å². The average Bonchev–Trinajstić information content (AvgIpc) is 2.67. The van der Waals surface area contributed by atoms with Crippen LogP contribution in [0.25, 0.3) is 0 Å². The molecule has 0 aliphatic carbocycles. The van der Waals surface area contributed by atoms with Gasteiger partial charge in [0.05, 0.1) is 32.1 Å². The Morgan fingerprint density at radius 2 is 1.89 bits per heavy atom. The minimum absolute atomic E-state index is 0.0319. The summed E-state index contributed by atoms with van der Waals surface area (Å²) in [5, 5.41) is 2.75. The minimum Gasteiger partial charge on any atom is -0.497 e. The van der Waals surface area contributed by atoms with E-state index in [1.54, 1.807) is 30.3 Å². The summed E-state index contributed by atoms with van der Waals surface area (Å²) in [5.41, 5.74) is 1.02. The number of hydrogen-bond acceptors (Lipinski definition) is 6. The van der Waals surface area contributed by atoms with Crippen molar-refractivity contribution in [1.82, 2.24) is 5.32 Å². The van der Waals surface area contributed by atoms with Gasteiger partial charge in [0.1, 0.15) is 16.4 Å². The van der Waals surface area contributed by atoms with Crippen molar-refractivity contribution in [3.63, 3.8) is 0 Å². The lowest BCUT2D eigenvalue weighted by Gasteiger charge is -2.30. The summed E-state index contributed by atoms with van der Waals surface area (Å²) in [4.78, 5) is 13.5. The number of piperazine rings is 1. The van der Waals surface area contributed by atoms with E-state index in [0.29, 0.717) is 30.2 Å². The third kappa shape index (κ3) is 4.08. The lowest BCUT2D eigenvalue weighted by molar-refractivity contribution is -0.120. The maximum absolute atomic E-state index is 13.0. The molecule has 0 radical (unpaired) electrons. The van der Waals surface area contributed by atoms with Crippen LogP contribution in [0.5, 0.6) is 11.5 Å². The van der Waals surface area contributed by atoms with Gasteiger partial charge >= 0.3 is 0 Å². The molecule has 8 nitrogen and oxygen atoms in total. The van der Waals surface area contributed by atoms with Crippen LogP contribution in [-0.4, -0.2) is 48.2 Å². The Morgan fingerprint density at radius 1 is 1.11 bits per heavy atom. The summed E-state index contributed by atoms with van der Waals surface area (Å²) < 4.78 is 38.9. The zero-order chi connectivity index (χ0) is 19.4. The molecule has 3 rings (SSSR count). The second-order valence-corrected chi connectivity index (χ2v) is 7.56. The Hall–Kier alpha value is -2.94. The van der Waals surface area contributed by atoms with Crippen LogP contribution in [-0.2, 0) is 14.8 Å². The summed E-state index contributed by atoms with van der Waals surface area (Å²) in [7, 11) is -1.08. The quantitative estimate of drug-likeness (QED) is 0.774. The van der Waals surface area contributed by atoms with Crippen molar-refractivity contribution in [2.75, 3.05) is 43.5 Å². The molecule has 2 N–H and O–H groups in total. The highest BCUT2D eigenvalue weighted by atomic mass is 32.2. The molecule has 0 atom stereocenters. The third-order valence-electron chi connectivity index (χ3n) is 4.19. The van der Waals surface area contributed by atoms with Crippen LogP contribution in [0.3, 0.4) is 0 Å². The van der Waals surface area contributed by atoms with E-state index in [2.05, 4.69) is 10.0 Å². The van der Waals surface area contributed by atoms with Crippen molar-refractivity contribution in [1.29, 1.82) is 0 Å². The normalized spacial score (nSPS) is 14.4. The number of amides is 1. The van der Waals surface area contributed by atoms with E-state index in [0.717, 1.165) is 0 Å². The zero-order valence-electron chi connectivity index (χ0n) is 15.1. The molecule has 1 aliphatic heterocycles. The van der Waals surface area contributed by atoms with Gasteiger partial charge < -0.3 is 19.7 Å². The molecule has 1 heterocycles. The van der Waals surface area contributed by atoms with Gasteiger partial charge in [0.15, 0.2) is 0 Å². The summed E-state index contributed by atoms with van der Waals surface area (Å²) in [6, 6.07) is 11.5. The predicted molar refractivity (Wildman–Crippen MR) is 102 cm³/mol. The van der Waals surface area contributed by atoms with Gasteiger partial charge in [-0.25, -0.2) is 8.42 Å². The minimum atomic E-state index is -3.95. The molecule has 0 spiro atoms. The number of anilines is 2. The number of ether oxygens (including phenoxy) is 2. The molecule has 2 aromatic rings. The lowest BCUT2D eigenvalue weighted by Crippen LogP contribution is -2.47. The standard InChI is InChI=1S/C18H21N3O5S/c1-25-13-7-8-16(26-2)17(11-13)27(23,24)20-14-5-3-4-6-15(14)21-10-9-19-18(22)12-21/h3-8,11,20H,9-10,12H2,1-2H3,(H,19,22). The molecule has 2 aromatic carbocycles. The number of methoxy groups -OCH3 is 2. The molecule has 1 fully saturated rings. The molecule has 0 aromatic heterocycles. The van der Waals surface area contributed by atoms with Crippen molar-refractivity contribution in [3.05, 3.63) is 42.5 Å². The second-order valence-electron chi connectivity index (χ2n) is 5.91. The number of nitrogens with zero attached hydrogens (tertiary/aromatic N) is 1. The van der Waals surface area contributed by atoms with Gasteiger partial charge in [0, 0.05) is 19.2 Å². The van der Waals surface area contributed by atoms with Crippen LogP contribution in [0, 0.1) is 0 Å². The number of carbonyl (C=O) groups is 1. The fourth-order valence-corrected chi connectivity index (χ4v) is 4.13. The largest absolute Gasteiger partial charge is 0.497 e. The smallest absolute Gasteiger partial charge is 0.265 e. The highest BCUT2D eigenvalue weighted by molar-refractivity contribution is 7.92. The Balaban J connectivity index is 1.97. The molecule has 27 heavy (non-hydrogen) atoms. The van der Waals surface area contributed by atoms with E-state index >= 15 is 0 Å². The van der Waals surface area contributed by atoms with Crippen molar-refractivity contribution < 1.29 is 22.7 Å². The van der Waals surface area contributed by atoms with Gasteiger partial charge in [-0.05, 0) is 24.3 Å². The highest BCUT2D eigenvalue weighted by Gasteiger charge is 2.24. The van der Waals surface area contributed by atoms with Crippen molar-refractivity contribution in [3.8, 4) is 11.5 Å². The van der Waals surface area contributed by atoms with Gasteiger partial charge in [-0.15, -0.1) is 0 Å². The van der Waals surface area contributed by atoms with E-state index in [-0.39, 0.29) is 23.1 Å². The number of para-hydroxylation sites is 2. The number of carbonyl (C=O) groups excluding carboxylic acids is 1. The van der Waals surface area contributed by atoms with Gasteiger partial charge in [-0.1, -0.05) is 12.1 Å². The summed E-state index contributed by atoms with van der Waals surface area (Å²) in [6.45, 7) is 1.26. The monoisotopic (exact) mass is 391 g/mol. The van der Waals surface area contributed by atoms with Crippen molar-refractivity contribution >= 4 is 27.3 Å². The van der Waals surface area contributed by atoms with Crippen LogP contribution in [0.4, 0.5) is 11.4 Å². The van der Waals surface area contributed by atoms with Crippen LogP contribution in [0.15, 0.2) is 47.4 Å². The van der Waals surface area contributed by atoms with Crippen LogP contribution in [0.1, 0.15) is 0 Å². The van der Waals surface area contributed by atoms with Gasteiger partial charge in [0.2, 0.25) is 5.91 Å². The maximum atomic E-state index is 13.0. The highest BCUT2D eigenvalue weighted by Crippen LogP contribution is 2.32. The van der Waals surface area contributed by atoms with Gasteiger partial charge in [-0.2, -0.15) is 0 Å². The third-order valence-corrected chi connectivity index (χ3v) is 5.57. The number of sulfonamides is 1. The maximum Gasteiger partial charge on any atom is 0.265 e. The molecule has 1 amide bonds. The van der Waals surface area contributed by atoms with Crippen molar-refractivity contribution in [2.45, 2.75) is 4.90 Å². The number of benzene rings is 2. The fourth-order valence-electron chi connectivity index (χ4n) is 2.87. The van der Waals surface area contributed by atoms with E-state index in [1.165, 1.54) is 26.4 Å². The first-order valence-electron chi connectivity index (χ1n) is 8.30. The van der Waals surface area contributed by atoms with Crippen LogP contribution >= 0.6 is 0 Å². The molecular formula is C18H21N3O5S. The number of hydrogen-bond donors (Lipinski definition) is 2. The summed E-state index contributed by atoms with van der Waals surface area (Å²) in [6.07, 6.45) is 0. The Labute approximate surface area is 158 Å². The molecule has 0 saturated carbocycles. The molecule has 144 valence electrons. The zero-order valence-corrected chi connectivity index (χ0v) is 15.9. The molecule has 1 saturated heterocycles. The van der Waals surface area contributed by atoms with E-state index < -0.39 is 10.0 Å². The summed E-state index contributed by atoms with van der Waals surface area (Å²) in [5.74, 6) is 0.503. The van der Waals surface area contributed by atoms with E-state index in [9.17, 15) is 13.2 Å². The molecule has 9 heteroatoms. The predicted octanol–water partition coefficient (Wildman–Crippen LogP) is 1.44. The van der Waals surface area contributed by atoms with Gasteiger partial charge in [0.25, 0.3) is 10.0 Å². The second kappa shape index (κ2) is 7.75. The molecule has 0 unspecified atom stereocenters. The van der Waals surface area contributed by atoms with Crippen molar-refractivity contribution in [2.24, 2.45) is 0 Å². The first-order chi connectivity index (χ1) is 12.9. The Kier molecular flexibility index (Phi) is 5.41. The van der Waals surface area contributed by atoms with Gasteiger partial charge in [-0.3, -0.25) is 9.52 Å². The van der Waals surface area contributed by atoms with Crippen LogP contribution < -0.4 is 24.4 Å². The fraction of sp³-hybridized carbons (Fsp3) is 0.278. The van der Waals surface area contributed by atoms with Crippen LogP contribution in [0.2, 0.25) is 0 Å². The average molecular weight is 391 g/mol. The number of rotatable bonds is 6. The molecule has 0 bridgehead atoms. The molecular weight excluding hydrogens is 370 g/mol. The topological polar surface area (TPSA) is 97.0 Å².